The number of benzene rings is 3. The number of ether oxygens (including phenoxy) is 1. The Labute approximate surface area is 191 Å². The number of nitrogens with zero attached hydrogens (tertiary/aromatic N) is 2. The zero-order valence-electron chi connectivity index (χ0n) is 18.0. The second-order valence-electron chi connectivity index (χ2n) is 7.46. The second kappa shape index (κ2) is 9.93. The first-order valence-electron chi connectivity index (χ1n) is 10.5. The van der Waals surface area contributed by atoms with Gasteiger partial charge in [0.2, 0.25) is 0 Å². The van der Waals surface area contributed by atoms with Gasteiger partial charge in [-0.1, -0.05) is 48.5 Å². The van der Waals surface area contributed by atoms with Crippen molar-refractivity contribution in [3.05, 3.63) is 102 Å². The number of carboxylic acid groups (broad SMARTS) is 1. The summed E-state index contributed by atoms with van der Waals surface area (Å²) in [6, 6.07) is 27.7. The van der Waals surface area contributed by atoms with Crippen molar-refractivity contribution in [1.29, 1.82) is 0 Å². The van der Waals surface area contributed by atoms with Crippen LogP contribution in [0.25, 0.3) is 16.9 Å². The Kier molecular flexibility index (Phi) is 6.61. The number of anilines is 1. The molecule has 7 heteroatoms. The lowest BCUT2D eigenvalue weighted by Gasteiger charge is -2.12. The maximum absolute atomic E-state index is 12.5. The molecule has 0 radical (unpaired) electrons. The molecule has 166 valence electrons. The molecule has 1 amide bonds. The van der Waals surface area contributed by atoms with E-state index < -0.39 is 12.1 Å². The van der Waals surface area contributed by atoms with Gasteiger partial charge in [0.25, 0.3) is 5.91 Å². The van der Waals surface area contributed by atoms with Gasteiger partial charge in [0.05, 0.1) is 29.2 Å². The Hall–Kier alpha value is -4.23. The van der Waals surface area contributed by atoms with E-state index in [0.717, 1.165) is 16.9 Å². The van der Waals surface area contributed by atoms with E-state index in [1.807, 2.05) is 71.4 Å². The maximum atomic E-state index is 12.5. The van der Waals surface area contributed by atoms with E-state index in [1.165, 1.54) is 12.1 Å². The molecule has 1 heterocycles. The molecule has 1 atom stereocenters. The van der Waals surface area contributed by atoms with E-state index in [0.29, 0.717) is 11.4 Å². The molecular formula is C26H23N3O4. The maximum Gasteiger partial charge on any atom is 0.335 e. The summed E-state index contributed by atoms with van der Waals surface area (Å²) < 4.78 is 7.65. The first-order chi connectivity index (χ1) is 16.0. The summed E-state index contributed by atoms with van der Waals surface area (Å²) >= 11 is 0. The lowest BCUT2D eigenvalue weighted by molar-refractivity contribution is -0.127. The molecule has 3 aromatic carbocycles. The fourth-order valence-electron chi connectivity index (χ4n) is 3.31. The third-order valence-electron chi connectivity index (χ3n) is 5.08. The molecule has 0 aliphatic carbocycles. The van der Waals surface area contributed by atoms with Gasteiger partial charge in [-0.2, -0.15) is 5.10 Å². The molecule has 7 nitrogen and oxygen atoms in total. The highest BCUT2D eigenvalue weighted by molar-refractivity contribution is 5.94. The second-order valence-corrected chi connectivity index (χ2v) is 7.46. The van der Waals surface area contributed by atoms with Crippen LogP contribution in [0.2, 0.25) is 0 Å². The summed E-state index contributed by atoms with van der Waals surface area (Å²) in [5.74, 6) is -1.35. The van der Waals surface area contributed by atoms with Crippen molar-refractivity contribution in [3.63, 3.8) is 0 Å². The Bertz CT molecular complexity index is 1180. The number of para-hydroxylation sites is 1. The van der Waals surface area contributed by atoms with Crippen LogP contribution in [0, 0.1) is 0 Å². The number of carboxylic acids is 1. The van der Waals surface area contributed by atoms with E-state index in [9.17, 15) is 9.59 Å². The van der Waals surface area contributed by atoms with Crippen LogP contribution in [-0.2, 0) is 16.1 Å². The molecule has 0 aliphatic rings. The predicted octanol–water partition coefficient (Wildman–Crippen LogP) is 4.78. The smallest absolute Gasteiger partial charge is 0.335 e. The van der Waals surface area contributed by atoms with Gasteiger partial charge in [-0.25, -0.2) is 9.48 Å². The molecule has 0 fully saturated rings. The van der Waals surface area contributed by atoms with Crippen LogP contribution in [0.5, 0.6) is 0 Å². The minimum atomic E-state index is -1.02. The molecule has 1 unspecified atom stereocenters. The largest absolute Gasteiger partial charge is 0.478 e. The number of aromatic nitrogens is 2. The van der Waals surface area contributed by atoms with Crippen LogP contribution in [-0.4, -0.2) is 32.9 Å². The number of rotatable bonds is 8. The van der Waals surface area contributed by atoms with Crippen molar-refractivity contribution in [1.82, 2.24) is 9.78 Å². The van der Waals surface area contributed by atoms with Crippen molar-refractivity contribution in [2.45, 2.75) is 19.6 Å². The van der Waals surface area contributed by atoms with E-state index >= 15 is 0 Å². The molecule has 0 aliphatic heterocycles. The van der Waals surface area contributed by atoms with Gasteiger partial charge >= 0.3 is 5.97 Å². The first kappa shape index (κ1) is 22.0. The van der Waals surface area contributed by atoms with E-state index in [1.54, 1.807) is 19.1 Å². The number of carbonyl (C=O) groups is 2. The summed E-state index contributed by atoms with van der Waals surface area (Å²) in [4.78, 5) is 23.4. The van der Waals surface area contributed by atoms with E-state index in [2.05, 4.69) is 5.32 Å². The number of nitrogens with one attached hydrogen (secondary N) is 1. The molecular weight excluding hydrogens is 418 g/mol. The third kappa shape index (κ3) is 5.34. The molecule has 0 saturated carbocycles. The zero-order valence-corrected chi connectivity index (χ0v) is 18.0. The molecule has 1 aromatic heterocycles. The molecule has 4 aromatic rings. The van der Waals surface area contributed by atoms with Crippen LogP contribution < -0.4 is 5.32 Å². The number of aromatic carboxylic acids is 1. The number of hydrogen-bond donors (Lipinski definition) is 2. The van der Waals surface area contributed by atoms with Gasteiger partial charge in [0.1, 0.15) is 6.10 Å². The van der Waals surface area contributed by atoms with Crippen molar-refractivity contribution >= 4 is 17.6 Å². The Morgan fingerprint density at radius 2 is 1.61 bits per heavy atom. The molecule has 2 N–H and O–H groups in total. The molecule has 0 spiro atoms. The van der Waals surface area contributed by atoms with E-state index in [-0.39, 0.29) is 18.1 Å². The average Bonchev–Trinajstić information content (AvgIpc) is 3.28. The van der Waals surface area contributed by atoms with Gasteiger partial charge in [0, 0.05) is 11.3 Å². The summed E-state index contributed by atoms with van der Waals surface area (Å²) in [5, 5.41) is 16.4. The predicted molar refractivity (Wildman–Crippen MR) is 125 cm³/mol. The Morgan fingerprint density at radius 3 is 2.24 bits per heavy atom. The van der Waals surface area contributed by atoms with Gasteiger partial charge in [-0.3, -0.25) is 4.79 Å². The van der Waals surface area contributed by atoms with Crippen molar-refractivity contribution < 1.29 is 19.4 Å². The summed E-state index contributed by atoms with van der Waals surface area (Å²) in [5.41, 5.74) is 4.23. The van der Waals surface area contributed by atoms with Gasteiger partial charge in [-0.05, 0) is 49.4 Å². The molecule has 4 rings (SSSR count). The van der Waals surface area contributed by atoms with Crippen molar-refractivity contribution in [3.8, 4) is 16.9 Å². The minimum Gasteiger partial charge on any atom is -0.478 e. The highest BCUT2D eigenvalue weighted by Crippen LogP contribution is 2.24. The van der Waals surface area contributed by atoms with E-state index in [4.69, 9.17) is 14.9 Å². The SMILES string of the molecule is CC(OCc1cc(-c2ccccc2)n(-c2ccccc2)n1)C(=O)Nc1ccc(C(=O)O)cc1. The normalized spacial score (nSPS) is 11.7. The van der Waals surface area contributed by atoms with Crippen molar-refractivity contribution in [2.75, 3.05) is 5.32 Å². The number of amides is 1. The van der Waals surface area contributed by atoms with Gasteiger partial charge in [0.15, 0.2) is 0 Å². The van der Waals surface area contributed by atoms with Crippen LogP contribution in [0.15, 0.2) is 91.0 Å². The van der Waals surface area contributed by atoms with Crippen LogP contribution >= 0.6 is 0 Å². The Morgan fingerprint density at radius 1 is 0.970 bits per heavy atom. The third-order valence-corrected chi connectivity index (χ3v) is 5.08. The topological polar surface area (TPSA) is 93.5 Å². The highest BCUT2D eigenvalue weighted by Gasteiger charge is 2.17. The minimum absolute atomic E-state index is 0.153. The number of hydrogen-bond acceptors (Lipinski definition) is 4. The lowest BCUT2D eigenvalue weighted by atomic mass is 10.1. The molecule has 33 heavy (non-hydrogen) atoms. The quantitative estimate of drug-likeness (QED) is 0.410. The monoisotopic (exact) mass is 441 g/mol. The summed E-state index contributed by atoms with van der Waals surface area (Å²) in [6.07, 6.45) is -0.730. The summed E-state index contributed by atoms with van der Waals surface area (Å²) in [6.45, 7) is 1.82. The standard InChI is InChI=1S/C26H23N3O4/c1-18(25(30)27-21-14-12-20(13-15-21)26(31)32)33-17-22-16-24(19-8-4-2-5-9-19)29(28-22)23-10-6-3-7-11-23/h2-16,18H,17H2,1H3,(H,27,30)(H,31,32). The average molecular weight is 441 g/mol. The van der Waals surface area contributed by atoms with Crippen LogP contribution in [0.4, 0.5) is 5.69 Å². The van der Waals surface area contributed by atoms with Crippen molar-refractivity contribution in [2.24, 2.45) is 0 Å². The summed E-state index contributed by atoms with van der Waals surface area (Å²) in [7, 11) is 0. The first-order valence-corrected chi connectivity index (χ1v) is 10.5. The Balaban J connectivity index is 1.46. The van der Waals surface area contributed by atoms with Crippen LogP contribution in [0.1, 0.15) is 23.0 Å². The number of carbonyl (C=O) groups excluding carboxylic acids is 1. The highest BCUT2D eigenvalue weighted by atomic mass is 16.5. The van der Waals surface area contributed by atoms with Gasteiger partial charge < -0.3 is 15.2 Å². The fraction of sp³-hybridized carbons (Fsp3) is 0.115. The van der Waals surface area contributed by atoms with Crippen LogP contribution in [0.3, 0.4) is 0 Å². The lowest BCUT2D eigenvalue weighted by Crippen LogP contribution is -2.27. The van der Waals surface area contributed by atoms with Gasteiger partial charge in [-0.15, -0.1) is 0 Å². The molecule has 0 saturated heterocycles. The fourth-order valence-corrected chi connectivity index (χ4v) is 3.31. The molecule has 0 bridgehead atoms. The zero-order chi connectivity index (χ0) is 23.2.